The summed E-state index contributed by atoms with van der Waals surface area (Å²) in [6.07, 6.45) is -2.93. The number of nitrogens with zero attached hydrogens (tertiary/aromatic N) is 2. The van der Waals surface area contributed by atoms with E-state index < -0.39 is 23.5 Å². The summed E-state index contributed by atoms with van der Waals surface area (Å²) in [5, 5.41) is 8.38. The molecule has 0 aliphatic heterocycles. The highest BCUT2D eigenvalue weighted by Gasteiger charge is 2.18. The lowest BCUT2D eigenvalue weighted by atomic mass is 10.2. The summed E-state index contributed by atoms with van der Waals surface area (Å²) < 4.78 is 37.3. The first kappa shape index (κ1) is 9.52. The van der Waals surface area contributed by atoms with Gasteiger partial charge in [0.05, 0.1) is 0 Å². The summed E-state index contributed by atoms with van der Waals surface area (Å²) in [5.74, 6) is -0.953. The Balaban J connectivity index is 3.41. The van der Waals surface area contributed by atoms with Crippen LogP contribution in [0.1, 0.15) is 23.4 Å². The van der Waals surface area contributed by atoms with Gasteiger partial charge in [0.2, 0.25) is 0 Å². The van der Waals surface area contributed by atoms with E-state index in [0.717, 1.165) is 6.07 Å². The Labute approximate surface area is 72.6 Å². The molecule has 0 N–H and O–H groups in total. The van der Waals surface area contributed by atoms with Crippen molar-refractivity contribution in [3.63, 3.8) is 0 Å². The van der Waals surface area contributed by atoms with Gasteiger partial charge in [0.15, 0.2) is 0 Å². The van der Waals surface area contributed by atoms with Gasteiger partial charge in [-0.3, -0.25) is 4.98 Å². The number of hydrogen-bond donors (Lipinski definition) is 0. The minimum atomic E-state index is -2.93. The molecule has 0 saturated heterocycles. The van der Waals surface area contributed by atoms with E-state index >= 15 is 0 Å². The van der Waals surface area contributed by atoms with Crippen molar-refractivity contribution in [3.05, 3.63) is 28.8 Å². The quantitative estimate of drug-likeness (QED) is 0.674. The van der Waals surface area contributed by atoms with E-state index in [4.69, 9.17) is 5.26 Å². The van der Waals surface area contributed by atoms with E-state index in [0.29, 0.717) is 0 Å². The topological polar surface area (TPSA) is 36.7 Å². The highest BCUT2D eigenvalue weighted by molar-refractivity contribution is 5.36. The second-order valence-corrected chi connectivity index (χ2v) is 2.42. The molecule has 0 saturated carbocycles. The van der Waals surface area contributed by atoms with E-state index in [1.807, 2.05) is 0 Å². The van der Waals surface area contributed by atoms with Gasteiger partial charge in [-0.05, 0) is 13.0 Å². The molecule has 0 fully saturated rings. The maximum absolute atomic E-state index is 12.9. The molecule has 0 bridgehead atoms. The van der Waals surface area contributed by atoms with Crippen molar-refractivity contribution in [1.82, 2.24) is 4.98 Å². The Morgan fingerprint density at radius 2 is 2.15 bits per heavy atom. The molecule has 1 heterocycles. The zero-order valence-electron chi connectivity index (χ0n) is 6.68. The maximum Gasteiger partial charge on any atom is 0.281 e. The highest BCUT2D eigenvalue weighted by Crippen LogP contribution is 2.22. The van der Waals surface area contributed by atoms with Crippen molar-refractivity contribution in [1.29, 1.82) is 5.26 Å². The van der Waals surface area contributed by atoms with Crippen LogP contribution in [0.3, 0.4) is 0 Å². The molecule has 0 aliphatic carbocycles. The number of aromatic nitrogens is 1. The van der Waals surface area contributed by atoms with Gasteiger partial charge in [-0.1, -0.05) is 0 Å². The third-order valence-electron chi connectivity index (χ3n) is 1.45. The number of halogens is 3. The van der Waals surface area contributed by atoms with Crippen LogP contribution in [0.2, 0.25) is 0 Å². The molecule has 0 spiro atoms. The van der Waals surface area contributed by atoms with E-state index in [-0.39, 0.29) is 5.69 Å². The van der Waals surface area contributed by atoms with Crippen LogP contribution < -0.4 is 0 Å². The van der Waals surface area contributed by atoms with E-state index in [9.17, 15) is 13.2 Å². The number of alkyl halides is 2. The van der Waals surface area contributed by atoms with E-state index in [1.165, 1.54) is 13.0 Å². The zero-order chi connectivity index (χ0) is 10.0. The number of aryl methyl sites for hydroxylation is 1. The monoisotopic (exact) mass is 186 g/mol. The summed E-state index contributed by atoms with van der Waals surface area (Å²) in [6.45, 7) is 1.39. The molecule has 0 atom stereocenters. The van der Waals surface area contributed by atoms with Crippen molar-refractivity contribution in [3.8, 4) is 6.07 Å². The van der Waals surface area contributed by atoms with Crippen LogP contribution in [0, 0.1) is 24.1 Å². The normalized spacial score (nSPS) is 10.2. The van der Waals surface area contributed by atoms with Gasteiger partial charge in [0.1, 0.15) is 23.1 Å². The van der Waals surface area contributed by atoms with Crippen LogP contribution in [-0.2, 0) is 0 Å². The summed E-state index contributed by atoms with van der Waals surface area (Å²) in [7, 11) is 0. The van der Waals surface area contributed by atoms with Gasteiger partial charge in [0.25, 0.3) is 6.43 Å². The van der Waals surface area contributed by atoms with Gasteiger partial charge >= 0.3 is 0 Å². The lowest BCUT2D eigenvalue weighted by Gasteiger charge is -2.03. The molecule has 0 unspecified atom stereocenters. The maximum atomic E-state index is 12.9. The van der Waals surface area contributed by atoms with Gasteiger partial charge in [-0.25, -0.2) is 13.2 Å². The Morgan fingerprint density at radius 3 is 2.62 bits per heavy atom. The fourth-order valence-corrected chi connectivity index (χ4v) is 0.925. The lowest BCUT2D eigenvalue weighted by molar-refractivity contribution is 0.145. The number of nitriles is 1. The molecular weight excluding hydrogens is 181 g/mol. The standard InChI is InChI=1S/C8H5F3N2/c1-4-2-6(9)5(3-12)7(13-4)8(10)11/h2,8H,1H3. The second kappa shape index (κ2) is 3.44. The molecule has 1 aromatic heterocycles. The zero-order valence-corrected chi connectivity index (χ0v) is 6.68. The fraction of sp³-hybridized carbons (Fsp3) is 0.250. The van der Waals surface area contributed by atoms with Crippen molar-refractivity contribution < 1.29 is 13.2 Å². The Kier molecular flexibility index (Phi) is 2.52. The summed E-state index contributed by atoms with van der Waals surface area (Å²) >= 11 is 0. The molecule has 68 valence electrons. The van der Waals surface area contributed by atoms with E-state index in [2.05, 4.69) is 4.98 Å². The summed E-state index contributed by atoms with van der Waals surface area (Å²) in [5.41, 5.74) is -1.34. The number of pyridine rings is 1. The fourth-order valence-electron chi connectivity index (χ4n) is 0.925. The molecule has 5 heteroatoms. The summed E-state index contributed by atoms with van der Waals surface area (Å²) in [6, 6.07) is 2.30. The smallest absolute Gasteiger partial charge is 0.251 e. The Morgan fingerprint density at radius 1 is 1.54 bits per heavy atom. The SMILES string of the molecule is Cc1cc(F)c(C#N)c(C(F)F)n1. The minimum absolute atomic E-state index is 0.131. The van der Waals surface area contributed by atoms with Gasteiger partial charge in [0, 0.05) is 5.69 Å². The van der Waals surface area contributed by atoms with Crippen LogP contribution in [0.25, 0.3) is 0 Å². The molecule has 0 amide bonds. The van der Waals surface area contributed by atoms with Crippen LogP contribution in [0.15, 0.2) is 6.07 Å². The minimum Gasteiger partial charge on any atom is -0.251 e. The average molecular weight is 186 g/mol. The van der Waals surface area contributed by atoms with Gasteiger partial charge in [-0.15, -0.1) is 0 Å². The molecule has 0 aromatic carbocycles. The van der Waals surface area contributed by atoms with Crippen molar-refractivity contribution in [2.24, 2.45) is 0 Å². The van der Waals surface area contributed by atoms with Crippen LogP contribution >= 0.6 is 0 Å². The molecule has 2 nitrogen and oxygen atoms in total. The molecule has 1 rings (SSSR count). The predicted octanol–water partition coefficient (Wildman–Crippen LogP) is 2.34. The van der Waals surface area contributed by atoms with Crippen molar-refractivity contribution in [2.75, 3.05) is 0 Å². The lowest BCUT2D eigenvalue weighted by Crippen LogP contribution is -2.00. The average Bonchev–Trinajstić information content (AvgIpc) is 2.02. The van der Waals surface area contributed by atoms with Gasteiger partial charge < -0.3 is 0 Å². The number of hydrogen-bond acceptors (Lipinski definition) is 2. The molecule has 0 aliphatic rings. The molecule has 13 heavy (non-hydrogen) atoms. The third-order valence-corrected chi connectivity index (χ3v) is 1.45. The van der Waals surface area contributed by atoms with E-state index in [1.54, 1.807) is 0 Å². The first-order valence-corrected chi connectivity index (χ1v) is 3.41. The van der Waals surface area contributed by atoms with Crippen LogP contribution in [-0.4, -0.2) is 4.98 Å². The Hall–Kier alpha value is -1.57. The third kappa shape index (κ3) is 1.78. The predicted molar refractivity (Wildman–Crippen MR) is 38.6 cm³/mol. The largest absolute Gasteiger partial charge is 0.281 e. The van der Waals surface area contributed by atoms with Gasteiger partial charge in [-0.2, -0.15) is 5.26 Å². The van der Waals surface area contributed by atoms with Crippen LogP contribution in [0.4, 0.5) is 13.2 Å². The molecule has 0 radical (unpaired) electrons. The van der Waals surface area contributed by atoms with Crippen molar-refractivity contribution in [2.45, 2.75) is 13.3 Å². The molecular formula is C8H5F3N2. The highest BCUT2D eigenvalue weighted by atomic mass is 19.3. The first-order chi connectivity index (χ1) is 6.06. The Bertz CT molecular complexity index is 368. The first-order valence-electron chi connectivity index (χ1n) is 3.41. The number of rotatable bonds is 1. The second-order valence-electron chi connectivity index (χ2n) is 2.42. The molecule has 1 aromatic rings. The summed E-state index contributed by atoms with van der Waals surface area (Å²) in [4.78, 5) is 3.39. The van der Waals surface area contributed by atoms with Crippen molar-refractivity contribution >= 4 is 0 Å². The van der Waals surface area contributed by atoms with Crippen LogP contribution in [0.5, 0.6) is 0 Å².